The molecule has 1 aromatic carbocycles. The van der Waals surface area contributed by atoms with Gasteiger partial charge in [0.25, 0.3) is 0 Å². The number of aromatic carboxylic acids is 1. The monoisotopic (exact) mass is 365 g/mol. The van der Waals surface area contributed by atoms with Crippen LogP contribution in [0.2, 0.25) is 5.02 Å². The molecule has 2 aromatic rings. The van der Waals surface area contributed by atoms with Crippen LogP contribution in [0, 0.1) is 9.39 Å². The first-order valence-electron chi connectivity index (χ1n) is 4.56. The maximum Gasteiger partial charge on any atom is 0.352 e. The first-order chi connectivity index (χ1) is 8.00. The number of carbonyl (C=O) groups is 1. The molecule has 0 fully saturated rings. The number of rotatable bonds is 2. The number of hydrogen-bond donors (Lipinski definition) is 1. The quantitative estimate of drug-likeness (QED) is 0.827. The molecular weight excluding hydrogens is 359 g/mol. The van der Waals surface area contributed by atoms with Gasteiger partial charge in [0.05, 0.1) is 10.7 Å². The van der Waals surface area contributed by atoms with Gasteiger partial charge < -0.3 is 9.67 Å². The number of halogens is 3. The van der Waals surface area contributed by atoms with Crippen molar-refractivity contribution in [3.8, 4) is 5.69 Å². The van der Waals surface area contributed by atoms with Crippen molar-refractivity contribution in [1.82, 2.24) is 4.57 Å². The summed E-state index contributed by atoms with van der Waals surface area (Å²) in [6.45, 7) is 0. The van der Waals surface area contributed by atoms with Crippen LogP contribution < -0.4 is 0 Å². The van der Waals surface area contributed by atoms with Gasteiger partial charge >= 0.3 is 5.97 Å². The third kappa shape index (κ3) is 2.30. The zero-order valence-electron chi connectivity index (χ0n) is 8.32. The lowest BCUT2D eigenvalue weighted by Gasteiger charge is -2.08. The summed E-state index contributed by atoms with van der Waals surface area (Å²) in [5.74, 6) is -1.75. The van der Waals surface area contributed by atoms with Crippen molar-refractivity contribution in [3.63, 3.8) is 0 Å². The van der Waals surface area contributed by atoms with E-state index in [0.717, 1.165) is 0 Å². The predicted octanol–water partition coefficient (Wildman–Crippen LogP) is 3.57. The minimum absolute atomic E-state index is 0.00410. The Morgan fingerprint density at radius 1 is 1.47 bits per heavy atom. The largest absolute Gasteiger partial charge is 0.477 e. The van der Waals surface area contributed by atoms with E-state index in [1.165, 1.54) is 22.8 Å². The summed E-state index contributed by atoms with van der Waals surface area (Å²) in [6.07, 6.45) is 1.54. The molecule has 0 aliphatic heterocycles. The van der Waals surface area contributed by atoms with E-state index < -0.39 is 11.8 Å². The van der Waals surface area contributed by atoms with Crippen molar-refractivity contribution < 1.29 is 14.3 Å². The third-order valence-corrected chi connectivity index (χ3v) is 3.08. The zero-order chi connectivity index (χ0) is 12.6. The molecule has 0 radical (unpaired) electrons. The van der Waals surface area contributed by atoms with E-state index in [9.17, 15) is 9.18 Å². The lowest BCUT2D eigenvalue weighted by atomic mass is 10.3. The Kier molecular flexibility index (Phi) is 3.39. The van der Waals surface area contributed by atoms with Crippen LogP contribution in [0.1, 0.15) is 10.5 Å². The Hall–Kier alpha value is -1.08. The molecule has 88 valence electrons. The molecule has 0 amide bonds. The van der Waals surface area contributed by atoms with Crippen molar-refractivity contribution >= 4 is 40.2 Å². The standard InChI is InChI=1S/C11H6ClFINO2/c12-7-2-1-3-8(10(7)13)15-5-6(14)4-9(15)11(16)17/h1-5H,(H,16,17). The molecule has 0 unspecified atom stereocenters. The number of hydrogen-bond acceptors (Lipinski definition) is 1. The Morgan fingerprint density at radius 2 is 2.18 bits per heavy atom. The molecule has 1 aromatic heterocycles. The van der Waals surface area contributed by atoms with E-state index >= 15 is 0 Å². The van der Waals surface area contributed by atoms with Crippen LogP contribution >= 0.6 is 34.2 Å². The van der Waals surface area contributed by atoms with E-state index in [1.807, 2.05) is 22.6 Å². The molecule has 1 heterocycles. The lowest BCUT2D eigenvalue weighted by Crippen LogP contribution is -2.07. The first kappa shape index (κ1) is 12.4. The van der Waals surface area contributed by atoms with Gasteiger partial charge in [0, 0.05) is 9.77 Å². The number of benzene rings is 1. The number of aromatic nitrogens is 1. The van der Waals surface area contributed by atoms with Gasteiger partial charge in [0.2, 0.25) is 0 Å². The fourth-order valence-corrected chi connectivity index (χ4v) is 2.22. The molecule has 0 saturated heterocycles. The third-order valence-electron chi connectivity index (χ3n) is 2.20. The van der Waals surface area contributed by atoms with Gasteiger partial charge in [-0.25, -0.2) is 9.18 Å². The average Bonchev–Trinajstić information content (AvgIpc) is 2.64. The fourth-order valence-electron chi connectivity index (χ4n) is 1.47. The van der Waals surface area contributed by atoms with Crippen LogP contribution in [0.5, 0.6) is 0 Å². The van der Waals surface area contributed by atoms with Crippen molar-refractivity contribution in [3.05, 3.63) is 50.6 Å². The number of carboxylic acid groups (broad SMARTS) is 1. The highest BCUT2D eigenvalue weighted by Crippen LogP contribution is 2.24. The second kappa shape index (κ2) is 4.66. The second-order valence-electron chi connectivity index (χ2n) is 3.29. The van der Waals surface area contributed by atoms with Crippen LogP contribution in [0.4, 0.5) is 4.39 Å². The maximum absolute atomic E-state index is 13.8. The van der Waals surface area contributed by atoms with E-state index in [1.54, 1.807) is 12.3 Å². The van der Waals surface area contributed by atoms with Gasteiger partial charge in [-0.1, -0.05) is 17.7 Å². The molecule has 2 rings (SSSR count). The highest BCUT2D eigenvalue weighted by atomic mass is 127. The summed E-state index contributed by atoms with van der Waals surface area (Å²) in [5, 5.41) is 8.98. The zero-order valence-corrected chi connectivity index (χ0v) is 11.2. The summed E-state index contributed by atoms with van der Waals surface area (Å²) < 4.78 is 15.8. The topological polar surface area (TPSA) is 42.2 Å². The van der Waals surface area contributed by atoms with Crippen LogP contribution in [-0.2, 0) is 0 Å². The van der Waals surface area contributed by atoms with Crippen LogP contribution in [0.25, 0.3) is 5.69 Å². The SMILES string of the molecule is O=C(O)c1cc(I)cn1-c1cccc(Cl)c1F. The minimum atomic E-state index is -1.12. The van der Waals surface area contributed by atoms with Gasteiger partial charge in [-0.15, -0.1) is 0 Å². The van der Waals surface area contributed by atoms with Crippen molar-refractivity contribution in [2.45, 2.75) is 0 Å². The highest BCUT2D eigenvalue weighted by Gasteiger charge is 2.16. The smallest absolute Gasteiger partial charge is 0.352 e. The molecule has 0 atom stereocenters. The van der Waals surface area contributed by atoms with Gasteiger partial charge in [0.15, 0.2) is 5.82 Å². The van der Waals surface area contributed by atoms with Crippen LogP contribution in [-0.4, -0.2) is 15.6 Å². The van der Waals surface area contributed by atoms with E-state index in [2.05, 4.69) is 0 Å². The van der Waals surface area contributed by atoms with Gasteiger partial charge in [0.1, 0.15) is 5.69 Å². The molecule has 1 N–H and O–H groups in total. The molecule has 0 aliphatic carbocycles. The van der Waals surface area contributed by atoms with Crippen molar-refractivity contribution in [2.75, 3.05) is 0 Å². The van der Waals surface area contributed by atoms with Crippen LogP contribution in [0.15, 0.2) is 30.5 Å². The highest BCUT2D eigenvalue weighted by molar-refractivity contribution is 14.1. The molecule has 0 spiro atoms. The van der Waals surface area contributed by atoms with E-state index in [0.29, 0.717) is 3.57 Å². The Balaban J connectivity index is 2.68. The Morgan fingerprint density at radius 3 is 2.82 bits per heavy atom. The lowest BCUT2D eigenvalue weighted by molar-refractivity contribution is 0.0688. The fraction of sp³-hybridized carbons (Fsp3) is 0. The Bertz CT molecular complexity index is 597. The predicted molar refractivity (Wildman–Crippen MR) is 70.4 cm³/mol. The number of carboxylic acids is 1. The van der Waals surface area contributed by atoms with Gasteiger partial charge in [-0.2, -0.15) is 0 Å². The maximum atomic E-state index is 13.8. The van der Waals surface area contributed by atoms with Crippen molar-refractivity contribution in [2.24, 2.45) is 0 Å². The van der Waals surface area contributed by atoms with E-state index in [-0.39, 0.29) is 16.4 Å². The summed E-state index contributed by atoms with van der Waals surface area (Å²) in [4.78, 5) is 11.0. The summed E-state index contributed by atoms with van der Waals surface area (Å²) in [7, 11) is 0. The minimum Gasteiger partial charge on any atom is -0.477 e. The second-order valence-corrected chi connectivity index (χ2v) is 4.94. The average molecular weight is 366 g/mol. The summed E-state index contributed by atoms with van der Waals surface area (Å²) in [5.41, 5.74) is 0.119. The summed E-state index contributed by atoms with van der Waals surface area (Å²) >= 11 is 7.63. The molecule has 0 aliphatic rings. The van der Waals surface area contributed by atoms with Gasteiger partial charge in [-0.05, 0) is 40.8 Å². The first-order valence-corrected chi connectivity index (χ1v) is 6.02. The molecule has 3 nitrogen and oxygen atoms in total. The summed E-state index contributed by atoms with van der Waals surface area (Å²) in [6, 6.07) is 5.92. The van der Waals surface area contributed by atoms with Crippen LogP contribution in [0.3, 0.4) is 0 Å². The molecular formula is C11H6ClFINO2. The van der Waals surface area contributed by atoms with Crippen molar-refractivity contribution in [1.29, 1.82) is 0 Å². The molecule has 0 saturated carbocycles. The van der Waals surface area contributed by atoms with E-state index in [4.69, 9.17) is 16.7 Å². The van der Waals surface area contributed by atoms with Gasteiger partial charge in [-0.3, -0.25) is 0 Å². The number of nitrogens with zero attached hydrogens (tertiary/aromatic N) is 1. The normalized spacial score (nSPS) is 10.5. The molecule has 0 bridgehead atoms. The molecule has 17 heavy (non-hydrogen) atoms. The Labute approximate surface area is 115 Å². The molecule has 6 heteroatoms.